The largest absolute Gasteiger partial charge is 0.456 e. The van der Waals surface area contributed by atoms with Crippen LogP contribution < -0.4 is 5.73 Å². The van der Waals surface area contributed by atoms with Crippen LogP contribution in [0.15, 0.2) is 0 Å². The molecule has 0 aromatic heterocycles. The highest BCUT2D eigenvalue weighted by Gasteiger charge is 2.45. The maximum atomic E-state index is 11.1. The zero-order valence-electron chi connectivity index (χ0n) is 10.9. The van der Waals surface area contributed by atoms with Crippen LogP contribution in [0.4, 0.5) is 0 Å². The zero-order valence-corrected chi connectivity index (χ0v) is 10.9. The van der Waals surface area contributed by atoms with E-state index in [0.29, 0.717) is 0 Å². The van der Waals surface area contributed by atoms with Crippen LogP contribution in [-0.2, 0) is 33.3 Å². The lowest BCUT2D eigenvalue weighted by atomic mass is 10.0. The molecule has 0 saturated carbocycles. The molecule has 0 bridgehead atoms. The van der Waals surface area contributed by atoms with Crippen molar-refractivity contribution in [2.75, 3.05) is 6.61 Å². The molecule has 0 aliphatic carbocycles. The molecule has 1 aliphatic heterocycles. The van der Waals surface area contributed by atoms with E-state index in [9.17, 15) is 14.4 Å². The van der Waals surface area contributed by atoms with Crippen molar-refractivity contribution in [3.63, 3.8) is 0 Å². The Morgan fingerprint density at radius 2 is 1.42 bits per heavy atom. The Kier molecular flexibility index (Phi) is 5.25. The summed E-state index contributed by atoms with van der Waals surface area (Å²) < 4.78 is 19.9. The van der Waals surface area contributed by atoms with Crippen molar-refractivity contribution in [1.82, 2.24) is 5.73 Å². The second-order valence-electron chi connectivity index (χ2n) is 4.05. The smallest absolute Gasteiger partial charge is 0.303 e. The van der Waals surface area contributed by atoms with E-state index < -0.39 is 42.4 Å². The molecule has 1 N–H and O–H groups in total. The summed E-state index contributed by atoms with van der Waals surface area (Å²) >= 11 is 0. The fourth-order valence-electron chi connectivity index (χ4n) is 1.74. The van der Waals surface area contributed by atoms with Gasteiger partial charge in [-0.05, 0) is 0 Å². The summed E-state index contributed by atoms with van der Waals surface area (Å²) in [7, 11) is 0. The van der Waals surface area contributed by atoms with Gasteiger partial charge in [0.1, 0.15) is 0 Å². The second-order valence-corrected chi connectivity index (χ2v) is 4.05. The summed E-state index contributed by atoms with van der Waals surface area (Å²) in [6.07, 6.45) is -4.31. The standard InChI is InChI=1S/C11H16NO7/c1-5(13)17-8-4-16-11(12)10(19-7(3)15)9(8)18-6(2)14/h8-12H,4H2,1-3H3/t8-,9+,10+,11-/m1/s1. The van der Waals surface area contributed by atoms with Gasteiger partial charge in [-0.25, -0.2) is 5.73 Å². The zero-order chi connectivity index (χ0) is 14.6. The predicted molar refractivity (Wildman–Crippen MR) is 59.5 cm³/mol. The van der Waals surface area contributed by atoms with Crippen molar-refractivity contribution in [3.05, 3.63) is 0 Å². The van der Waals surface area contributed by atoms with Crippen molar-refractivity contribution in [2.24, 2.45) is 0 Å². The first-order valence-electron chi connectivity index (χ1n) is 5.65. The van der Waals surface area contributed by atoms with E-state index in [2.05, 4.69) is 0 Å². The van der Waals surface area contributed by atoms with Gasteiger partial charge in [0, 0.05) is 20.8 Å². The predicted octanol–water partition coefficient (Wildman–Crippen LogP) is -0.579. The quantitative estimate of drug-likeness (QED) is 0.500. The third-order valence-corrected chi connectivity index (χ3v) is 2.35. The third-order valence-electron chi connectivity index (χ3n) is 2.35. The second kappa shape index (κ2) is 6.48. The van der Waals surface area contributed by atoms with Crippen LogP contribution in [0.25, 0.3) is 0 Å². The minimum absolute atomic E-state index is 0.108. The number of carbonyl (C=O) groups excluding carboxylic acids is 3. The molecule has 1 aliphatic rings. The molecule has 0 aromatic carbocycles. The topological polar surface area (TPSA) is 112 Å². The molecule has 1 heterocycles. The number of carbonyl (C=O) groups is 3. The average molecular weight is 274 g/mol. The normalized spacial score (nSPS) is 30.3. The molecule has 4 atom stereocenters. The van der Waals surface area contributed by atoms with Gasteiger partial charge in [0.2, 0.25) is 0 Å². The fourth-order valence-corrected chi connectivity index (χ4v) is 1.74. The molecule has 0 spiro atoms. The van der Waals surface area contributed by atoms with Gasteiger partial charge in [0.25, 0.3) is 0 Å². The Balaban J connectivity index is 2.89. The molecule has 1 saturated heterocycles. The number of nitrogens with one attached hydrogen (secondary N) is 1. The first kappa shape index (κ1) is 15.4. The van der Waals surface area contributed by atoms with E-state index in [1.54, 1.807) is 0 Å². The van der Waals surface area contributed by atoms with Gasteiger partial charge in [-0.15, -0.1) is 0 Å². The third kappa shape index (κ3) is 4.49. The van der Waals surface area contributed by atoms with Crippen LogP contribution in [0.3, 0.4) is 0 Å². The Morgan fingerprint density at radius 1 is 0.947 bits per heavy atom. The first-order chi connectivity index (χ1) is 8.81. The van der Waals surface area contributed by atoms with Gasteiger partial charge < -0.3 is 18.9 Å². The van der Waals surface area contributed by atoms with E-state index in [-0.39, 0.29) is 6.61 Å². The summed E-state index contributed by atoms with van der Waals surface area (Å²) in [5, 5.41) is 0. The monoisotopic (exact) mass is 274 g/mol. The molecule has 0 unspecified atom stereocenters. The van der Waals surface area contributed by atoms with Crippen molar-refractivity contribution >= 4 is 17.9 Å². The van der Waals surface area contributed by atoms with E-state index in [1.807, 2.05) is 0 Å². The molecule has 1 radical (unpaired) electrons. The lowest BCUT2D eigenvalue weighted by Gasteiger charge is -2.38. The van der Waals surface area contributed by atoms with Gasteiger partial charge in [-0.2, -0.15) is 0 Å². The molecule has 0 amide bonds. The Labute approximate surface area is 110 Å². The van der Waals surface area contributed by atoms with Crippen molar-refractivity contribution in [1.29, 1.82) is 0 Å². The van der Waals surface area contributed by atoms with Crippen molar-refractivity contribution in [2.45, 2.75) is 45.3 Å². The molecular weight excluding hydrogens is 258 g/mol. The number of hydrogen-bond donors (Lipinski definition) is 0. The van der Waals surface area contributed by atoms with Gasteiger partial charge in [0.05, 0.1) is 6.61 Å². The minimum atomic E-state index is -1.21. The molecule has 8 nitrogen and oxygen atoms in total. The molecule has 8 heteroatoms. The Hall–Kier alpha value is -1.67. The van der Waals surface area contributed by atoms with E-state index in [4.69, 9.17) is 24.7 Å². The Morgan fingerprint density at radius 3 is 1.89 bits per heavy atom. The average Bonchev–Trinajstić information content (AvgIpc) is 2.25. The molecule has 0 aromatic rings. The first-order valence-corrected chi connectivity index (χ1v) is 5.65. The highest BCUT2D eigenvalue weighted by molar-refractivity contribution is 5.68. The van der Waals surface area contributed by atoms with Crippen LogP contribution in [0.1, 0.15) is 20.8 Å². The summed E-state index contributed by atoms with van der Waals surface area (Å²) in [6, 6.07) is 0. The SMILES string of the molecule is CC(=O)O[C@@H]1[C@H](OC(C)=O)[C@H]([NH])OC[C@H]1OC(C)=O. The molecule has 107 valence electrons. The molecule has 19 heavy (non-hydrogen) atoms. The summed E-state index contributed by atoms with van der Waals surface area (Å²) in [4.78, 5) is 33.1. The Bertz CT molecular complexity index is 370. The fraction of sp³-hybridized carbons (Fsp3) is 0.727. The van der Waals surface area contributed by atoms with Crippen LogP contribution in [0, 0.1) is 0 Å². The van der Waals surface area contributed by atoms with Crippen LogP contribution >= 0.6 is 0 Å². The summed E-state index contributed by atoms with van der Waals surface area (Å²) in [6.45, 7) is 3.42. The number of rotatable bonds is 3. The maximum Gasteiger partial charge on any atom is 0.303 e. The van der Waals surface area contributed by atoms with Crippen molar-refractivity contribution in [3.8, 4) is 0 Å². The lowest BCUT2D eigenvalue weighted by molar-refractivity contribution is -0.225. The maximum absolute atomic E-state index is 11.1. The van der Waals surface area contributed by atoms with Gasteiger partial charge in [0.15, 0.2) is 24.5 Å². The van der Waals surface area contributed by atoms with Crippen LogP contribution in [0.5, 0.6) is 0 Å². The van der Waals surface area contributed by atoms with Crippen LogP contribution in [0.2, 0.25) is 0 Å². The van der Waals surface area contributed by atoms with Gasteiger partial charge >= 0.3 is 17.9 Å². The number of ether oxygens (including phenoxy) is 4. The lowest BCUT2D eigenvalue weighted by Crippen LogP contribution is -2.57. The molecule has 1 fully saturated rings. The number of hydrogen-bond acceptors (Lipinski definition) is 7. The molecular formula is C11H16NO7. The van der Waals surface area contributed by atoms with E-state index in [0.717, 1.165) is 6.92 Å². The van der Waals surface area contributed by atoms with Crippen LogP contribution in [-0.4, -0.2) is 49.1 Å². The van der Waals surface area contributed by atoms with Crippen molar-refractivity contribution < 1.29 is 33.3 Å². The molecule has 1 rings (SSSR count). The van der Waals surface area contributed by atoms with Gasteiger partial charge in [-0.3, -0.25) is 14.4 Å². The number of esters is 3. The summed E-state index contributed by atoms with van der Waals surface area (Å²) in [5.74, 6) is -1.87. The summed E-state index contributed by atoms with van der Waals surface area (Å²) in [5.41, 5.74) is 7.64. The highest BCUT2D eigenvalue weighted by Crippen LogP contribution is 2.22. The highest BCUT2D eigenvalue weighted by atomic mass is 16.6. The minimum Gasteiger partial charge on any atom is -0.456 e. The van der Waals surface area contributed by atoms with E-state index in [1.165, 1.54) is 13.8 Å². The van der Waals surface area contributed by atoms with Gasteiger partial charge in [-0.1, -0.05) is 0 Å². The van der Waals surface area contributed by atoms with E-state index >= 15 is 0 Å².